The molecule has 0 saturated heterocycles. The Kier molecular flexibility index (Phi) is 4.85. The molecule has 0 fully saturated rings. The van der Waals surface area contributed by atoms with Gasteiger partial charge in [0.15, 0.2) is 0 Å². The molecule has 0 spiro atoms. The van der Waals surface area contributed by atoms with E-state index in [1.54, 1.807) is 13.8 Å². The first kappa shape index (κ1) is 13.2. The highest BCUT2D eigenvalue weighted by molar-refractivity contribution is 5.71. The fourth-order valence-electron chi connectivity index (χ4n) is 1.02. The van der Waals surface area contributed by atoms with Gasteiger partial charge in [0.2, 0.25) is 0 Å². The van der Waals surface area contributed by atoms with Gasteiger partial charge in [-0.2, -0.15) is 0 Å². The number of hydrogen-bond donors (Lipinski definition) is 1. The maximum absolute atomic E-state index is 11.1. The van der Waals surface area contributed by atoms with Crippen LogP contribution in [0.4, 0.5) is 0 Å². The topological polar surface area (TPSA) is 46.5 Å². The van der Waals surface area contributed by atoms with Crippen molar-refractivity contribution >= 4 is 5.97 Å². The Labute approximate surface area is 85.8 Å². The summed E-state index contributed by atoms with van der Waals surface area (Å²) in [7, 11) is 1.38. The second-order valence-electron chi connectivity index (χ2n) is 4.13. The zero-order valence-electron chi connectivity index (χ0n) is 9.46. The van der Waals surface area contributed by atoms with Crippen LogP contribution in [0.3, 0.4) is 0 Å². The van der Waals surface area contributed by atoms with Crippen molar-refractivity contribution in [3.63, 3.8) is 0 Å². The summed E-state index contributed by atoms with van der Waals surface area (Å²) >= 11 is 0. The highest BCUT2D eigenvalue weighted by Crippen LogP contribution is 2.21. The van der Waals surface area contributed by atoms with Gasteiger partial charge in [-0.15, -0.1) is 0 Å². The average molecular weight is 200 g/mol. The SMILES string of the molecule is C=C(CCC(C)C(=O)OC)C(C)(C)O. The minimum Gasteiger partial charge on any atom is -0.469 e. The smallest absolute Gasteiger partial charge is 0.308 e. The molecule has 0 aromatic carbocycles. The van der Waals surface area contributed by atoms with Gasteiger partial charge < -0.3 is 9.84 Å². The summed E-state index contributed by atoms with van der Waals surface area (Å²) < 4.78 is 4.60. The van der Waals surface area contributed by atoms with Gasteiger partial charge in [-0.05, 0) is 32.3 Å². The van der Waals surface area contributed by atoms with E-state index in [2.05, 4.69) is 11.3 Å². The molecule has 0 radical (unpaired) electrons. The molecule has 0 aliphatic heterocycles. The van der Waals surface area contributed by atoms with Crippen molar-refractivity contribution in [3.8, 4) is 0 Å². The van der Waals surface area contributed by atoms with E-state index in [1.807, 2.05) is 6.92 Å². The zero-order valence-corrected chi connectivity index (χ0v) is 9.46. The summed E-state index contributed by atoms with van der Waals surface area (Å²) in [4.78, 5) is 11.1. The highest BCUT2D eigenvalue weighted by atomic mass is 16.5. The minimum atomic E-state index is -0.865. The molecule has 1 N–H and O–H groups in total. The predicted molar refractivity (Wildman–Crippen MR) is 55.9 cm³/mol. The van der Waals surface area contributed by atoms with Crippen molar-refractivity contribution in [1.82, 2.24) is 0 Å². The molecule has 0 aromatic rings. The molecule has 14 heavy (non-hydrogen) atoms. The fraction of sp³-hybridized carbons (Fsp3) is 0.727. The number of ether oxygens (including phenoxy) is 1. The van der Waals surface area contributed by atoms with E-state index in [1.165, 1.54) is 7.11 Å². The number of esters is 1. The quantitative estimate of drug-likeness (QED) is 0.544. The van der Waals surface area contributed by atoms with Gasteiger partial charge in [0, 0.05) is 0 Å². The Bertz CT molecular complexity index is 213. The first-order chi connectivity index (χ1) is 6.29. The van der Waals surface area contributed by atoms with E-state index >= 15 is 0 Å². The van der Waals surface area contributed by atoms with Crippen LogP contribution in [0.1, 0.15) is 33.6 Å². The van der Waals surface area contributed by atoms with E-state index in [0.717, 1.165) is 5.57 Å². The molecule has 0 saturated carbocycles. The Morgan fingerprint density at radius 3 is 2.43 bits per heavy atom. The summed E-state index contributed by atoms with van der Waals surface area (Å²) in [5, 5.41) is 9.58. The summed E-state index contributed by atoms with van der Waals surface area (Å²) in [6, 6.07) is 0. The third-order valence-electron chi connectivity index (χ3n) is 2.35. The van der Waals surface area contributed by atoms with Crippen LogP contribution >= 0.6 is 0 Å². The van der Waals surface area contributed by atoms with Crippen LogP contribution in [0.15, 0.2) is 12.2 Å². The lowest BCUT2D eigenvalue weighted by Gasteiger charge is -2.21. The third kappa shape index (κ3) is 4.42. The molecule has 0 amide bonds. The number of methoxy groups -OCH3 is 1. The molecule has 0 rings (SSSR count). The van der Waals surface area contributed by atoms with Gasteiger partial charge >= 0.3 is 5.97 Å². The molecule has 0 aliphatic rings. The van der Waals surface area contributed by atoms with Crippen LogP contribution in [0.5, 0.6) is 0 Å². The van der Waals surface area contributed by atoms with Crippen molar-refractivity contribution in [2.45, 2.75) is 39.2 Å². The molecule has 82 valence electrons. The van der Waals surface area contributed by atoms with Crippen LogP contribution < -0.4 is 0 Å². The molecule has 0 aliphatic carbocycles. The Balaban J connectivity index is 3.96. The highest BCUT2D eigenvalue weighted by Gasteiger charge is 2.19. The van der Waals surface area contributed by atoms with E-state index in [9.17, 15) is 9.90 Å². The molecule has 0 aromatic heterocycles. The van der Waals surface area contributed by atoms with Crippen LogP contribution in [0, 0.1) is 5.92 Å². The average Bonchev–Trinajstić information content (AvgIpc) is 2.10. The number of carbonyl (C=O) groups excluding carboxylic acids is 1. The number of aliphatic hydroxyl groups is 1. The largest absolute Gasteiger partial charge is 0.469 e. The first-order valence-corrected chi connectivity index (χ1v) is 4.77. The van der Waals surface area contributed by atoms with Crippen LogP contribution in [0.25, 0.3) is 0 Å². The molecular weight excluding hydrogens is 180 g/mol. The summed E-state index contributed by atoms with van der Waals surface area (Å²) in [5.41, 5.74) is -0.121. The predicted octanol–water partition coefficient (Wildman–Crippen LogP) is 1.90. The standard InChI is InChI=1S/C11H20O3/c1-8(10(12)14-5)6-7-9(2)11(3,4)13/h8,13H,2,6-7H2,1,3-5H3. The van der Waals surface area contributed by atoms with Crippen molar-refractivity contribution in [1.29, 1.82) is 0 Å². The second-order valence-corrected chi connectivity index (χ2v) is 4.13. The van der Waals surface area contributed by atoms with Crippen molar-refractivity contribution in [2.24, 2.45) is 5.92 Å². The summed E-state index contributed by atoms with van der Waals surface area (Å²) in [6.07, 6.45) is 1.30. The van der Waals surface area contributed by atoms with Crippen molar-refractivity contribution in [3.05, 3.63) is 12.2 Å². The lowest BCUT2D eigenvalue weighted by molar-refractivity contribution is -0.145. The molecule has 3 heteroatoms. The van der Waals surface area contributed by atoms with Gasteiger partial charge in [0.05, 0.1) is 18.6 Å². The maximum Gasteiger partial charge on any atom is 0.308 e. The number of hydrogen-bond acceptors (Lipinski definition) is 3. The van der Waals surface area contributed by atoms with Gasteiger partial charge in [-0.3, -0.25) is 4.79 Å². The van der Waals surface area contributed by atoms with E-state index in [-0.39, 0.29) is 11.9 Å². The van der Waals surface area contributed by atoms with Gasteiger partial charge in [-0.25, -0.2) is 0 Å². The van der Waals surface area contributed by atoms with Gasteiger partial charge in [-0.1, -0.05) is 13.5 Å². The van der Waals surface area contributed by atoms with Crippen molar-refractivity contribution in [2.75, 3.05) is 7.11 Å². The fourth-order valence-corrected chi connectivity index (χ4v) is 1.02. The van der Waals surface area contributed by atoms with E-state index in [0.29, 0.717) is 12.8 Å². The molecule has 0 bridgehead atoms. The molecule has 3 nitrogen and oxygen atoms in total. The molecule has 0 heterocycles. The Morgan fingerprint density at radius 2 is 2.07 bits per heavy atom. The first-order valence-electron chi connectivity index (χ1n) is 4.77. The Hall–Kier alpha value is -0.830. The lowest BCUT2D eigenvalue weighted by atomic mass is 9.92. The van der Waals surface area contributed by atoms with E-state index in [4.69, 9.17) is 0 Å². The van der Waals surface area contributed by atoms with Gasteiger partial charge in [0.1, 0.15) is 0 Å². The molecular formula is C11H20O3. The summed E-state index contributed by atoms with van der Waals surface area (Å²) in [6.45, 7) is 8.98. The minimum absolute atomic E-state index is 0.140. The number of rotatable bonds is 5. The maximum atomic E-state index is 11.1. The normalized spacial score (nSPS) is 13.5. The second kappa shape index (κ2) is 5.15. The Morgan fingerprint density at radius 1 is 1.57 bits per heavy atom. The van der Waals surface area contributed by atoms with Crippen LogP contribution in [-0.2, 0) is 9.53 Å². The zero-order chi connectivity index (χ0) is 11.4. The van der Waals surface area contributed by atoms with Crippen LogP contribution in [0.2, 0.25) is 0 Å². The van der Waals surface area contributed by atoms with Crippen LogP contribution in [-0.4, -0.2) is 23.8 Å². The van der Waals surface area contributed by atoms with Crippen molar-refractivity contribution < 1.29 is 14.6 Å². The summed E-state index contributed by atoms with van der Waals surface area (Å²) in [5.74, 6) is -0.354. The molecule has 1 atom stereocenters. The number of carbonyl (C=O) groups is 1. The monoisotopic (exact) mass is 200 g/mol. The third-order valence-corrected chi connectivity index (χ3v) is 2.35. The van der Waals surface area contributed by atoms with E-state index < -0.39 is 5.60 Å². The van der Waals surface area contributed by atoms with Gasteiger partial charge in [0.25, 0.3) is 0 Å². The lowest BCUT2D eigenvalue weighted by Crippen LogP contribution is -2.22. The molecule has 1 unspecified atom stereocenters.